The molecule has 0 unspecified atom stereocenters. The Balaban J connectivity index is 1.96. The van der Waals surface area contributed by atoms with Gasteiger partial charge in [-0.2, -0.15) is 0 Å². The molecular formula is C16H25ClN2. The van der Waals surface area contributed by atoms with Crippen LogP contribution in [0.15, 0.2) is 24.3 Å². The van der Waals surface area contributed by atoms with E-state index >= 15 is 0 Å². The topological polar surface area (TPSA) is 15.3 Å². The molecule has 0 aliphatic heterocycles. The highest BCUT2D eigenvalue weighted by Crippen LogP contribution is 2.38. The minimum atomic E-state index is 0.463. The van der Waals surface area contributed by atoms with Crippen molar-refractivity contribution in [3.63, 3.8) is 0 Å². The van der Waals surface area contributed by atoms with Crippen LogP contribution in [0.3, 0.4) is 0 Å². The van der Waals surface area contributed by atoms with Crippen LogP contribution in [0.1, 0.15) is 31.2 Å². The van der Waals surface area contributed by atoms with Crippen molar-refractivity contribution >= 4 is 11.6 Å². The van der Waals surface area contributed by atoms with Crippen LogP contribution >= 0.6 is 11.6 Å². The molecule has 1 aliphatic rings. The van der Waals surface area contributed by atoms with Gasteiger partial charge in [-0.25, -0.2) is 0 Å². The zero-order valence-corrected chi connectivity index (χ0v) is 12.8. The predicted molar refractivity (Wildman–Crippen MR) is 82.6 cm³/mol. The number of halogens is 1. The molecule has 0 heterocycles. The fraction of sp³-hybridized carbons (Fsp3) is 0.625. The molecule has 0 amide bonds. The fourth-order valence-corrected chi connectivity index (χ4v) is 3.63. The van der Waals surface area contributed by atoms with Crippen LogP contribution in [0.4, 0.5) is 0 Å². The van der Waals surface area contributed by atoms with Crippen molar-refractivity contribution in [2.24, 2.45) is 5.41 Å². The summed E-state index contributed by atoms with van der Waals surface area (Å²) >= 11 is 6.24. The minimum Gasteiger partial charge on any atom is -0.319 e. The molecule has 1 aromatic rings. The normalized spacial score (nSPS) is 18.1. The van der Waals surface area contributed by atoms with Gasteiger partial charge in [0.2, 0.25) is 0 Å². The van der Waals surface area contributed by atoms with Gasteiger partial charge in [-0.1, -0.05) is 42.6 Å². The van der Waals surface area contributed by atoms with E-state index in [9.17, 15) is 0 Å². The van der Waals surface area contributed by atoms with Gasteiger partial charge < -0.3 is 10.2 Å². The van der Waals surface area contributed by atoms with Gasteiger partial charge in [0.25, 0.3) is 0 Å². The number of rotatable bonds is 6. The van der Waals surface area contributed by atoms with E-state index < -0.39 is 0 Å². The Morgan fingerprint density at radius 3 is 2.58 bits per heavy atom. The van der Waals surface area contributed by atoms with Crippen LogP contribution in [-0.4, -0.2) is 32.1 Å². The van der Waals surface area contributed by atoms with Crippen molar-refractivity contribution in [2.75, 3.05) is 27.2 Å². The molecule has 106 valence electrons. The van der Waals surface area contributed by atoms with Gasteiger partial charge >= 0.3 is 0 Å². The molecule has 2 rings (SSSR count). The Hall–Kier alpha value is -0.570. The van der Waals surface area contributed by atoms with Crippen molar-refractivity contribution in [1.29, 1.82) is 0 Å². The summed E-state index contributed by atoms with van der Waals surface area (Å²) in [5.74, 6) is 0. The quantitative estimate of drug-likeness (QED) is 0.857. The van der Waals surface area contributed by atoms with Crippen molar-refractivity contribution in [3.05, 3.63) is 34.9 Å². The summed E-state index contributed by atoms with van der Waals surface area (Å²) in [6.45, 7) is 3.21. The van der Waals surface area contributed by atoms with Gasteiger partial charge in [0.1, 0.15) is 0 Å². The Bertz CT molecular complexity index is 399. The van der Waals surface area contributed by atoms with E-state index in [1.165, 1.54) is 31.2 Å². The van der Waals surface area contributed by atoms with Crippen LogP contribution in [0.2, 0.25) is 5.02 Å². The van der Waals surface area contributed by atoms with Crippen molar-refractivity contribution < 1.29 is 0 Å². The number of hydrogen-bond acceptors (Lipinski definition) is 2. The second-order valence-corrected chi connectivity index (χ2v) is 6.41. The second kappa shape index (κ2) is 6.74. The molecule has 3 heteroatoms. The summed E-state index contributed by atoms with van der Waals surface area (Å²) in [6, 6.07) is 8.15. The van der Waals surface area contributed by atoms with Crippen LogP contribution in [0.5, 0.6) is 0 Å². The van der Waals surface area contributed by atoms with Gasteiger partial charge in [0.15, 0.2) is 0 Å². The van der Waals surface area contributed by atoms with Gasteiger partial charge in [-0.3, -0.25) is 0 Å². The average molecular weight is 281 g/mol. The Morgan fingerprint density at radius 2 is 1.95 bits per heavy atom. The van der Waals surface area contributed by atoms with E-state index in [-0.39, 0.29) is 0 Å². The molecule has 1 fully saturated rings. The van der Waals surface area contributed by atoms with Gasteiger partial charge in [-0.05, 0) is 44.0 Å². The second-order valence-electron chi connectivity index (χ2n) is 6.00. The highest BCUT2D eigenvalue weighted by Gasteiger charge is 2.34. The first kappa shape index (κ1) is 14.8. The number of hydrogen-bond donors (Lipinski definition) is 1. The van der Waals surface area contributed by atoms with E-state index in [0.717, 1.165) is 24.7 Å². The van der Waals surface area contributed by atoms with E-state index in [2.05, 4.69) is 36.4 Å². The standard InChI is InChI=1S/C16H25ClN2/c1-18-12-16(9-5-6-10-16)13-19(2)11-14-7-3-4-8-15(14)17/h3-4,7-8,18H,5-6,9-13H2,1-2H3. The average Bonchev–Trinajstić information content (AvgIpc) is 2.81. The summed E-state index contributed by atoms with van der Waals surface area (Å²) in [5, 5.41) is 4.26. The van der Waals surface area contributed by atoms with E-state index in [0.29, 0.717) is 5.41 Å². The summed E-state index contributed by atoms with van der Waals surface area (Å²) in [4.78, 5) is 2.42. The molecule has 0 spiro atoms. The lowest BCUT2D eigenvalue weighted by molar-refractivity contribution is 0.170. The van der Waals surface area contributed by atoms with Crippen molar-refractivity contribution in [1.82, 2.24) is 10.2 Å². The predicted octanol–water partition coefficient (Wildman–Crippen LogP) is 3.55. The molecule has 1 saturated carbocycles. The van der Waals surface area contributed by atoms with E-state index in [1.807, 2.05) is 12.1 Å². The smallest absolute Gasteiger partial charge is 0.0451 e. The van der Waals surface area contributed by atoms with Crippen molar-refractivity contribution in [3.8, 4) is 0 Å². The molecule has 1 aliphatic carbocycles. The maximum Gasteiger partial charge on any atom is 0.0451 e. The first-order chi connectivity index (χ1) is 9.15. The maximum atomic E-state index is 6.24. The minimum absolute atomic E-state index is 0.463. The van der Waals surface area contributed by atoms with Crippen LogP contribution in [0, 0.1) is 5.41 Å². The van der Waals surface area contributed by atoms with E-state index in [4.69, 9.17) is 11.6 Å². The Kier molecular flexibility index (Phi) is 5.26. The molecule has 2 nitrogen and oxygen atoms in total. The number of nitrogens with one attached hydrogen (secondary N) is 1. The maximum absolute atomic E-state index is 6.24. The first-order valence-corrected chi connectivity index (χ1v) is 7.60. The van der Waals surface area contributed by atoms with Crippen LogP contribution < -0.4 is 5.32 Å². The lowest BCUT2D eigenvalue weighted by Crippen LogP contribution is -2.40. The lowest BCUT2D eigenvalue weighted by Gasteiger charge is -2.33. The molecule has 1 N–H and O–H groups in total. The number of nitrogens with zero attached hydrogens (tertiary/aromatic N) is 1. The van der Waals surface area contributed by atoms with Crippen LogP contribution in [0.25, 0.3) is 0 Å². The largest absolute Gasteiger partial charge is 0.319 e. The van der Waals surface area contributed by atoms with Gasteiger partial charge in [0.05, 0.1) is 0 Å². The first-order valence-electron chi connectivity index (χ1n) is 7.22. The zero-order valence-electron chi connectivity index (χ0n) is 12.1. The molecule has 0 saturated heterocycles. The van der Waals surface area contributed by atoms with Crippen molar-refractivity contribution in [2.45, 2.75) is 32.2 Å². The third-order valence-corrected chi connectivity index (χ3v) is 4.59. The monoisotopic (exact) mass is 280 g/mol. The Labute approximate surface area is 122 Å². The van der Waals surface area contributed by atoms with Crippen LogP contribution in [-0.2, 0) is 6.54 Å². The summed E-state index contributed by atoms with van der Waals surface area (Å²) in [6.07, 6.45) is 5.45. The highest BCUT2D eigenvalue weighted by molar-refractivity contribution is 6.31. The highest BCUT2D eigenvalue weighted by atomic mass is 35.5. The summed E-state index contributed by atoms with van der Waals surface area (Å²) < 4.78 is 0. The molecule has 0 aromatic heterocycles. The molecular weight excluding hydrogens is 256 g/mol. The summed E-state index contributed by atoms with van der Waals surface area (Å²) in [5.41, 5.74) is 1.69. The SMILES string of the molecule is CNCC1(CN(C)Cc2ccccc2Cl)CCCC1. The molecule has 0 atom stereocenters. The molecule has 19 heavy (non-hydrogen) atoms. The fourth-order valence-electron chi connectivity index (χ4n) is 3.44. The number of benzene rings is 1. The third kappa shape index (κ3) is 3.95. The molecule has 1 aromatic carbocycles. The Morgan fingerprint density at radius 1 is 1.26 bits per heavy atom. The molecule has 0 radical (unpaired) electrons. The molecule has 0 bridgehead atoms. The third-order valence-electron chi connectivity index (χ3n) is 4.22. The lowest BCUT2D eigenvalue weighted by atomic mass is 9.85. The van der Waals surface area contributed by atoms with Gasteiger partial charge in [0, 0.05) is 24.7 Å². The zero-order chi connectivity index (χ0) is 13.7. The van der Waals surface area contributed by atoms with Gasteiger partial charge in [-0.15, -0.1) is 0 Å². The van der Waals surface area contributed by atoms with E-state index in [1.54, 1.807) is 0 Å². The summed E-state index contributed by atoms with van der Waals surface area (Å²) in [7, 11) is 4.27.